The topological polar surface area (TPSA) is 83.0 Å². The number of amides is 2. The largest absolute Gasteiger partial charge is 0.352 e. The van der Waals surface area contributed by atoms with Gasteiger partial charge in [-0.05, 0) is 50.2 Å². The molecule has 1 aromatic carbocycles. The molecule has 8 heteroatoms. The van der Waals surface area contributed by atoms with Gasteiger partial charge in [-0.15, -0.1) is 0 Å². The molecular weight excluding hydrogens is 359 g/mol. The van der Waals surface area contributed by atoms with Gasteiger partial charge in [0.15, 0.2) is 0 Å². The number of pyridine rings is 1. The quantitative estimate of drug-likeness (QED) is 0.678. The van der Waals surface area contributed by atoms with Crippen molar-refractivity contribution in [3.63, 3.8) is 0 Å². The fourth-order valence-electron chi connectivity index (χ4n) is 2.49. The summed E-state index contributed by atoms with van der Waals surface area (Å²) in [6.07, 6.45) is 3.23. The molecule has 0 fully saturated rings. The van der Waals surface area contributed by atoms with Gasteiger partial charge in [-0.25, -0.2) is 19.1 Å². The summed E-state index contributed by atoms with van der Waals surface area (Å²) in [5.74, 6) is 0.378. The Morgan fingerprint density at radius 3 is 2.54 bits per heavy atom. The highest BCUT2D eigenvalue weighted by molar-refractivity contribution is 5.98. The Balaban J connectivity index is 1.89. The Hall–Kier alpha value is -3.55. The number of hydrogen-bond acceptors (Lipinski definition) is 5. The fraction of sp³-hybridized carbons (Fsp3) is 0.200. The van der Waals surface area contributed by atoms with Crippen molar-refractivity contribution in [2.45, 2.75) is 26.4 Å². The summed E-state index contributed by atoms with van der Waals surface area (Å²) in [4.78, 5) is 27.1. The predicted octanol–water partition coefficient (Wildman–Crippen LogP) is 3.88. The molecule has 0 spiro atoms. The van der Waals surface area contributed by atoms with Crippen molar-refractivity contribution in [2.24, 2.45) is 0 Å². The number of benzene rings is 1. The van der Waals surface area contributed by atoms with E-state index in [1.54, 1.807) is 24.5 Å². The summed E-state index contributed by atoms with van der Waals surface area (Å²) in [5, 5.41) is 5.93. The molecule has 0 bridgehead atoms. The first kappa shape index (κ1) is 19.2. The van der Waals surface area contributed by atoms with Crippen LogP contribution in [-0.2, 0) is 6.54 Å². The third-order valence-electron chi connectivity index (χ3n) is 3.72. The zero-order valence-electron chi connectivity index (χ0n) is 15.6. The molecule has 3 aromatic rings. The van der Waals surface area contributed by atoms with Crippen LogP contribution in [0.2, 0.25) is 0 Å². The monoisotopic (exact) mass is 380 g/mol. The molecule has 0 aliphatic carbocycles. The SMILES string of the molecule is CC(C)Nc1nccc(N(C(=O)NCc2ccccn2)c2ccc(F)cc2)n1. The summed E-state index contributed by atoms with van der Waals surface area (Å²) < 4.78 is 13.4. The maximum Gasteiger partial charge on any atom is 0.328 e. The van der Waals surface area contributed by atoms with Crippen molar-refractivity contribution < 1.29 is 9.18 Å². The van der Waals surface area contributed by atoms with Crippen LogP contribution in [0, 0.1) is 5.82 Å². The number of nitrogens with one attached hydrogen (secondary N) is 2. The van der Waals surface area contributed by atoms with E-state index in [-0.39, 0.29) is 18.4 Å². The summed E-state index contributed by atoms with van der Waals surface area (Å²) in [7, 11) is 0. The molecule has 2 heterocycles. The Morgan fingerprint density at radius 1 is 1.07 bits per heavy atom. The van der Waals surface area contributed by atoms with Crippen molar-refractivity contribution in [2.75, 3.05) is 10.2 Å². The molecule has 0 unspecified atom stereocenters. The van der Waals surface area contributed by atoms with Gasteiger partial charge >= 0.3 is 6.03 Å². The number of urea groups is 1. The minimum absolute atomic E-state index is 0.132. The van der Waals surface area contributed by atoms with E-state index in [1.807, 2.05) is 26.0 Å². The van der Waals surface area contributed by atoms with E-state index in [1.165, 1.54) is 29.2 Å². The second-order valence-electron chi connectivity index (χ2n) is 6.33. The first-order valence-corrected chi connectivity index (χ1v) is 8.86. The van der Waals surface area contributed by atoms with Gasteiger partial charge in [-0.3, -0.25) is 4.98 Å². The Morgan fingerprint density at radius 2 is 1.86 bits per heavy atom. The summed E-state index contributed by atoms with van der Waals surface area (Å²) >= 11 is 0. The van der Waals surface area contributed by atoms with Crippen molar-refractivity contribution in [3.05, 3.63) is 72.4 Å². The summed E-state index contributed by atoms with van der Waals surface area (Å²) in [6, 6.07) is 12.4. The van der Waals surface area contributed by atoms with Gasteiger partial charge in [0.2, 0.25) is 5.95 Å². The van der Waals surface area contributed by atoms with Gasteiger partial charge in [-0.2, -0.15) is 4.98 Å². The molecule has 2 amide bonds. The van der Waals surface area contributed by atoms with E-state index >= 15 is 0 Å². The molecule has 2 N–H and O–H groups in total. The van der Waals surface area contributed by atoms with Crippen molar-refractivity contribution in [1.29, 1.82) is 0 Å². The second kappa shape index (κ2) is 8.90. The average molecular weight is 380 g/mol. The third kappa shape index (κ3) is 5.00. The van der Waals surface area contributed by atoms with Crippen LogP contribution in [0.4, 0.5) is 26.6 Å². The van der Waals surface area contributed by atoms with E-state index in [9.17, 15) is 9.18 Å². The molecule has 144 valence electrons. The first-order chi connectivity index (χ1) is 13.5. The number of aromatic nitrogens is 3. The van der Waals surface area contributed by atoms with Gasteiger partial charge in [0.1, 0.15) is 11.6 Å². The normalized spacial score (nSPS) is 10.6. The zero-order valence-corrected chi connectivity index (χ0v) is 15.6. The first-order valence-electron chi connectivity index (χ1n) is 8.86. The van der Waals surface area contributed by atoms with Crippen LogP contribution in [0.5, 0.6) is 0 Å². The van der Waals surface area contributed by atoms with Crippen molar-refractivity contribution in [3.8, 4) is 0 Å². The molecule has 28 heavy (non-hydrogen) atoms. The van der Waals surface area contributed by atoms with E-state index in [0.717, 1.165) is 5.69 Å². The summed E-state index contributed by atoms with van der Waals surface area (Å²) in [6.45, 7) is 4.18. The standard InChI is InChI=1S/C20H21FN6O/c1-14(2)25-19-23-12-10-18(26-19)27(17-8-6-15(21)7-9-17)20(28)24-13-16-5-3-4-11-22-16/h3-12,14H,13H2,1-2H3,(H,24,28)(H,23,25,26). The average Bonchev–Trinajstić information content (AvgIpc) is 2.69. The number of anilines is 3. The molecule has 3 rings (SSSR count). The predicted molar refractivity (Wildman–Crippen MR) is 106 cm³/mol. The Labute approximate surface area is 162 Å². The van der Waals surface area contributed by atoms with Crippen LogP contribution in [0.3, 0.4) is 0 Å². The number of carbonyl (C=O) groups is 1. The maximum absolute atomic E-state index is 13.4. The van der Waals surface area contributed by atoms with Crippen LogP contribution >= 0.6 is 0 Å². The summed E-state index contributed by atoms with van der Waals surface area (Å²) in [5.41, 5.74) is 1.20. The van der Waals surface area contributed by atoms with E-state index in [2.05, 4.69) is 25.6 Å². The lowest BCUT2D eigenvalue weighted by Gasteiger charge is -2.23. The van der Waals surface area contributed by atoms with Crippen LogP contribution < -0.4 is 15.5 Å². The lowest BCUT2D eigenvalue weighted by atomic mass is 10.3. The van der Waals surface area contributed by atoms with Crippen molar-refractivity contribution in [1.82, 2.24) is 20.3 Å². The van der Waals surface area contributed by atoms with Gasteiger partial charge in [0, 0.05) is 24.5 Å². The molecular formula is C20H21FN6O. The van der Waals surface area contributed by atoms with E-state index in [0.29, 0.717) is 17.5 Å². The molecule has 0 aliphatic heterocycles. The maximum atomic E-state index is 13.4. The fourth-order valence-corrected chi connectivity index (χ4v) is 2.49. The highest BCUT2D eigenvalue weighted by atomic mass is 19.1. The van der Waals surface area contributed by atoms with Crippen LogP contribution in [-0.4, -0.2) is 27.0 Å². The number of carbonyl (C=O) groups excluding carboxylic acids is 1. The second-order valence-corrected chi connectivity index (χ2v) is 6.33. The van der Waals surface area contributed by atoms with Gasteiger partial charge in [0.05, 0.1) is 17.9 Å². The van der Waals surface area contributed by atoms with E-state index < -0.39 is 6.03 Å². The third-order valence-corrected chi connectivity index (χ3v) is 3.72. The number of hydrogen-bond donors (Lipinski definition) is 2. The molecule has 0 atom stereocenters. The van der Waals surface area contributed by atoms with E-state index in [4.69, 9.17) is 0 Å². The number of rotatable bonds is 6. The Bertz CT molecular complexity index is 917. The Kier molecular flexibility index (Phi) is 6.11. The van der Waals surface area contributed by atoms with Crippen LogP contribution in [0.15, 0.2) is 60.9 Å². The molecule has 0 saturated heterocycles. The minimum Gasteiger partial charge on any atom is -0.352 e. The lowest BCUT2D eigenvalue weighted by molar-refractivity contribution is 0.248. The number of halogens is 1. The van der Waals surface area contributed by atoms with Gasteiger partial charge < -0.3 is 10.6 Å². The smallest absolute Gasteiger partial charge is 0.328 e. The minimum atomic E-state index is -0.411. The van der Waals surface area contributed by atoms with Gasteiger partial charge in [0.25, 0.3) is 0 Å². The molecule has 0 aliphatic rings. The molecule has 0 saturated carbocycles. The van der Waals surface area contributed by atoms with Crippen LogP contribution in [0.1, 0.15) is 19.5 Å². The molecule has 2 aromatic heterocycles. The molecule has 7 nitrogen and oxygen atoms in total. The highest BCUT2D eigenvalue weighted by Crippen LogP contribution is 2.24. The highest BCUT2D eigenvalue weighted by Gasteiger charge is 2.20. The van der Waals surface area contributed by atoms with Crippen molar-refractivity contribution >= 4 is 23.5 Å². The number of nitrogens with zero attached hydrogens (tertiary/aromatic N) is 4. The zero-order chi connectivity index (χ0) is 19.9. The van der Waals surface area contributed by atoms with Crippen LogP contribution in [0.25, 0.3) is 0 Å². The lowest BCUT2D eigenvalue weighted by Crippen LogP contribution is -2.37. The molecule has 0 radical (unpaired) electrons. The van der Waals surface area contributed by atoms with Gasteiger partial charge in [-0.1, -0.05) is 6.07 Å².